The Morgan fingerprint density at radius 2 is 2.00 bits per heavy atom. The lowest BCUT2D eigenvalue weighted by Gasteiger charge is -2.10. The number of thiophene rings is 1. The number of nitrogens with zero attached hydrogens (tertiary/aromatic N) is 2. The third-order valence-corrected chi connectivity index (χ3v) is 7.64. The average Bonchev–Trinajstić information content (AvgIpc) is 3.07. The molecule has 3 rings (SSSR count). The first-order valence-corrected chi connectivity index (χ1v) is 11.5. The summed E-state index contributed by atoms with van der Waals surface area (Å²) in [6, 6.07) is 7.83. The van der Waals surface area contributed by atoms with Crippen LogP contribution in [-0.4, -0.2) is 29.5 Å². The van der Waals surface area contributed by atoms with Crippen LogP contribution >= 0.6 is 34.7 Å². The molecule has 0 N–H and O–H groups in total. The monoisotopic (exact) mass is 426 g/mol. The van der Waals surface area contributed by atoms with E-state index in [1.807, 2.05) is 5.38 Å². The maximum atomic E-state index is 12.6. The summed E-state index contributed by atoms with van der Waals surface area (Å²) in [7, 11) is -3.43. The van der Waals surface area contributed by atoms with E-state index in [0.29, 0.717) is 26.9 Å². The molecule has 0 aliphatic carbocycles. The number of benzene rings is 1. The second-order valence-electron chi connectivity index (χ2n) is 5.36. The lowest BCUT2D eigenvalue weighted by Crippen LogP contribution is -2.22. The smallest absolute Gasteiger partial charge is 0.263 e. The van der Waals surface area contributed by atoms with Crippen LogP contribution in [0.15, 0.2) is 63.2 Å². The predicted octanol–water partition coefficient (Wildman–Crippen LogP) is 3.86. The molecule has 5 nitrogen and oxygen atoms in total. The zero-order valence-corrected chi connectivity index (χ0v) is 16.8. The third kappa shape index (κ3) is 4.03. The number of allylic oxidation sites excluding steroid dienone is 1. The van der Waals surface area contributed by atoms with Gasteiger partial charge in [-0.15, -0.1) is 17.9 Å². The fourth-order valence-electron chi connectivity index (χ4n) is 2.33. The fourth-order valence-corrected chi connectivity index (χ4v) is 5.92. The molecule has 3 aromatic rings. The van der Waals surface area contributed by atoms with Crippen molar-refractivity contribution in [3.05, 3.63) is 63.7 Å². The van der Waals surface area contributed by atoms with E-state index in [1.165, 1.54) is 39.8 Å². The maximum absolute atomic E-state index is 12.6. The van der Waals surface area contributed by atoms with Crippen LogP contribution in [0.3, 0.4) is 0 Å². The van der Waals surface area contributed by atoms with E-state index in [-0.39, 0.29) is 22.0 Å². The molecule has 1 aromatic carbocycles. The van der Waals surface area contributed by atoms with Gasteiger partial charge in [-0.05, 0) is 35.7 Å². The molecule has 0 aliphatic heterocycles. The van der Waals surface area contributed by atoms with Gasteiger partial charge in [0.15, 0.2) is 15.0 Å². The topological polar surface area (TPSA) is 69.0 Å². The number of halogens is 1. The van der Waals surface area contributed by atoms with Crippen LogP contribution in [0.1, 0.15) is 0 Å². The number of aromatic nitrogens is 2. The minimum atomic E-state index is -3.43. The first kappa shape index (κ1) is 19.2. The number of hydrogen-bond acceptors (Lipinski definition) is 6. The average molecular weight is 427 g/mol. The van der Waals surface area contributed by atoms with E-state index in [2.05, 4.69) is 11.6 Å². The van der Waals surface area contributed by atoms with Crippen molar-refractivity contribution in [2.24, 2.45) is 0 Å². The van der Waals surface area contributed by atoms with Crippen molar-refractivity contribution in [1.29, 1.82) is 0 Å². The normalized spacial score (nSPS) is 11.7. The standard InChI is InChI=1S/C17H15ClN2O3S3/c1-2-8-20-16(21)14-7-9-24-15(14)19-17(20)25-10-11-26(22,23)13-5-3-12(18)4-6-13/h2-7,9H,1,8,10-11H2. The van der Waals surface area contributed by atoms with Crippen molar-refractivity contribution in [2.75, 3.05) is 11.5 Å². The van der Waals surface area contributed by atoms with Gasteiger partial charge in [-0.2, -0.15) is 0 Å². The number of hydrogen-bond donors (Lipinski definition) is 0. The molecule has 0 saturated heterocycles. The highest BCUT2D eigenvalue weighted by Gasteiger charge is 2.16. The van der Waals surface area contributed by atoms with Crippen molar-refractivity contribution in [1.82, 2.24) is 9.55 Å². The number of sulfone groups is 1. The van der Waals surface area contributed by atoms with Crippen molar-refractivity contribution in [3.8, 4) is 0 Å². The van der Waals surface area contributed by atoms with Gasteiger partial charge >= 0.3 is 0 Å². The molecule has 2 heterocycles. The highest BCUT2D eigenvalue weighted by atomic mass is 35.5. The van der Waals surface area contributed by atoms with Crippen LogP contribution in [0.4, 0.5) is 0 Å². The molecule has 2 aromatic heterocycles. The Balaban J connectivity index is 1.81. The molecule has 0 atom stereocenters. The summed E-state index contributed by atoms with van der Waals surface area (Å²) in [6.45, 7) is 3.99. The number of thioether (sulfide) groups is 1. The minimum Gasteiger partial charge on any atom is -0.283 e. The third-order valence-electron chi connectivity index (χ3n) is 3.62. The molecule has 0 aliphatic rings. The summed E-state index contributed by atoms with van der Waals surface area (Å²) in [5.74, 6) is 0.219. The van der Waals surface area contributed by atoms with E-state index in [0.717, 1.165) is 0 Å². The van der Waals surface area contributed by atoms with Gasteiger partial charge in [-0.3, -0.25) is 9.36 Å². The second-order valence-corrected chi connectivity index (χ2v) is 9.86. The van der Waals surface area contributed by atoms with Gasteiger partial charge in [0.2, 0.25) is 0 Å². The molecular weight excluding hydrogens is 412 g/mol. The quantitative estimate of drug-likeness (QED) is 0.326. The SMILES string of the molecule is C=CCn1c(SCCS(=O)(=O)c2ccc(Cl)cc2)nc2sccc2c1=O. The fraction of sp³-hybridized carbons (Fsp3) is 0.176. The second kappa shape index (κ2) is 7.96. The summed E-state index contributed by atoms with van der Waals surface area (Å²) in [6.07, 6.45) is 1.62. The Kier molecular flexibility index (Phi) is 5.86. The van der Waals surface area contributed by atoms with E-state index in [9.17, 15) is 13.2 Å². The first-order chi connectivity index (χ1) is 12.4. The summed E-state index contributed by atoms with van der Waals surface area (Å²) in [5, 5.41) is 3.36. The molecule has 0 amide bonds. The predicted molar refractivity (Wildman–Crippen MR) is 108 cm³/mol. The van der Waals surface area contributed by atoms with E-state index < -0.39 is 9.84 Å². The Hall–Kier alpha value is -1.61. The number of fused-ring (bicyclic) bond motifs is 1. The highest BCUT2D eigenvalue weighted by molar-refractivity contribution is 8.00. The summed E-state index contributed by atoms with van der Waals surface area (Å²) >= 11 is 8.43. The Morgan fingerprint density at radius 1 is 1.27 bits per heavy atom. The van der Waals surface area contributed by atoms with Crippen molar-refractivity contribution in [3.63, 3.8) is 0 Å². The van der Waals surface area contributed by atoms with Gasteiger partial charge < -0.3 is 0 Å². The van der Waals surface area contributed by atoms with E-state index >= 15 is 0 Å². The van der Waals surface area contributed by atoms with Crippen LogP contribution in [0.25, 0.3) is 10.2 Å². The molecular formula is C17H15ClN2O3S3. The van der Waals surface area contributed by atoms with E-state index in [1.54, 1.807) is 24.3 Å². The van der Waals surface area contributed by atoms with Gasteiger partial charge in [0.1, 0.15) is 4.83 Å². The van der Waals surface area contributed by atoms with Crippen LogP contribution in [-0.2, 0) is 16.4 Å². The molecule has 0 saturated carbocycles. The minimum absolute atomic E-state index is 0.0638. The van der Waals surface area contributed by atoms with Crippen LogP contribution in [0.2, 0.25) is 5.02 Å². The molecule has 0 fully saturated rings. The summed E-state index contributed by atoms with van der Waals surface area (Å²) < 4.78 is 26.4. The largest absolute Gasteiger partial charge is 0.283 e. The highest BCUT2D eigenvalue weighted by Crippen LogP contribution is 2.23. The van der Waals surface area contributed by atoms with Gasteiger partial charge in [0, 0.05) is 17.3 Å². The molecule has 0 unspecified atom stereocenters. The molecule has 9 heteroatoms. The lowest BCUT2D eigenvalue weighted by molar-refractivity contribution is 0.597. The van der Waals surface area contributed by atoms with Crippen LogP contribution in [0.5, 0.6) is 0 Å². The molecule has 0 spiro atoms. The van der Waals surface area contributed by atoms with E-state index in [4.69, 9.17) is 11.6 Å². The Bertz CT molecular complexity index is 1100. The Labute approximate surface area is 164 Å². The van der Waals surface area contributed by atoms with Gasteiger partial charge in [-0.25, -0.2) is 13.4 Å². The summed E-state index contributed by atoms with van der Waals surface area (Å²) in [5.41, 5.74) is -0.140. The number of rotatable bonds is 7. The molecule has 0 bridgehead atoms. The lowest BCUT2D eigenvalue weighted by atomic mass is 10.4. The molecule has 0 radical (unpaired) electrons. The van der Waals surface area contributed by atoms with Gasteiger partial charge in [-0.1, -0.05) is 29.4 Å². The first-order valence-electron chi connectivity index (χ1n) is 7.62. The Morgan fingerprint density at radius 3 is 2.69 bits per heavy atom. The molecule has 26 heavy (non-hydrogen) atoms. The maximum Gasteiger partial charge on any atom is 0.263 e. The molecule has 136 valence electrons. The van der Waals surface area contributed by atoms with Crippen molar-refractivity contribution in [2.45, 2.75) is 16.6 Å². The van der Waals surface area contributed by atoms with Gasteiger partial charge in [0.05, 0.1) is 16.0 Å². The van der Waals surface area contributed by atoms with Crippen molar-refractivity contribution >= 4 is 54.8 Å². The van der Waals surface area contributed by atoms with Gasteiger partial charge in [0.25, 0.3) is 5.56 Å². The van der Waals surface area contributed by atoms with Crippen molar-refractivity contribution < 1.29 is 8.42 Å². The van der Waals surface area contributed by atoms with Crippen LogP contribution in [0, 0.1) is 0 Å². The zero-order valence-electron chi connectivity index (χ0n) is 13.6. The summed E-state index contributed by atoms with van der Waals surface area (Å²) in [4.78, 5) is 17.9. The zero-order chi connectivity index (χ0) is 18.7. The van der Waals surface area contributed by atoms with Crippen LogP contribution < -0.4 is 5.56 Å².